The average molecular weight is 256 g/mol. The topological polar surface area (TPSA) is 38.2 Å². The van der Waals surface area contributed by atoms with Crippen LogP contribution in [-0.2, 0) is 4.74 Å². The van der Waals surface area contributed by atoms with E-state index >= 15 is 0 Å². The monoisotopic (exact) mass is 255 g/mol. The van der Waals surface area contributed by atoms with Gasteiger partial charge in [0, 0.05) is 39.2 Å². The molecule has 94 valence electrons. The molecule has 1 aromatic heterocycles. The summed E-state index contributed by atoms with van der Waals surface area (Å²) in [5.74, 6) is 1.58. The fourth-order valence-electron chi connectivity index (χ4n) is 2.24. The third kappa shape index (κ3) is 3.30. The maximum atomic E-state index is 6.04. The first kappa shape index (κ1) is 12.6. The molecule has 0 bridgehead atoms. The Morgan fingerprint density at radius 1 is 1.35 bits per heavy atom. The smallest absolute Gasteiger partial charge is 0.171 e. The third-order valence-corrected chi connectivity index (χ3v) is 3.55. The SMILES string of the molecule is COCCC1CCN(c2nccnc2Cl)CC1. The summed E-state index contributed by atoms with van der Waals surface area (Å²) in [6, 6.07) is 0. The highest BCUT2D eigenvalue weighted by Crippen LogP contribution is 2.27. The predicted octanol–water partition coefficient (Wildman–Crippen LogP) is 2.38. The minimum atomic E-state index is 0.503. The summed E-state index contributed by atoms with van der Waals surface area (Å²) < 4.78 is 5.12. The van der Waals surface area contributed by atoms with Crippen LogP contribution in [0.15, 0.2) is 12.4 Å². The zero-order valence-electron chi connectivity index (χ0n) is 10.1. The van der Waals surface area contributed by atoms with Crippen molar-refractivity contribution in [2.75, 3.05) is 31.7 Å². The Kier molecular flexibility index (Phi) is 4.57. The van der Waals surface area contributed by atoms with E-state index in [1.54, 1.807) is 19.5 Å². The number of hydrogen-bond donors (Lipinski definition) is 0. The van der Waals surface area contributed by atoms with Crippen LogP contribution in [0.4, 0.5) is 5.82 Å². The van der Waals surface area contributed by atoms with E-state index in [0.717, 1.165) is 37.9 Å². The minimum Gasteiger partial charge on any atom is -0.385 e. The molecule has 17 heavy (non-hydrogen) atoms. The number of hydrogen-bond acceptors (Lipinski definition) is 4. The zero-order valence-corrected chi connectivity index (χ0v) is 10.9. The van der Waals surface area contributed by atoms with Crippen molar-refractivity contribution in [3.63, 3.8) is 0 Å². The van der Waals surface area contributed by atoms with Gasteiger partial charge in [-0.25, -0.2) is 9.97 Å². The van der Waals surface area contributed by atoms with E-state index in [1.807, 2.05) is 0 Å². The van der Waals surface area contributed by atoms with Gasteiger partial charge in [-0.1, -0.05) is 11.6 Å². The van der Waals surface area contributed by atoms with Crippen LogP contribution in [0.2, 0.25) is 5.15 Å². The van der Waals surface area contributed by atoms with Gasteiger partial charge in [0.05, 0.1) is 0 Å². The first-order valence-electron chi connectivity index (χ1n) is 6.01. The van der Waals surface area contributed by atoms with Crippen LogP contribution in [0, 0.1) is 5.92 Å². The summed E-state index contributed by atoms with van der Waals surface area (Å²) >= 11 is 6.04. The number of piperidine rings is 1. The van der Waals surface area contributed by atoms with Crippen molar-refractivity contribution in [3.05, 3.63) is 17.5 Å². The van der Waals surface area contributed by atoms with Gasteiger partial charge in [-0.2, -0.15) is 0 Å². The molecule has 1 aliphatic rings. The fraction of sp³-hybridized carbons (Fsp3) is 0.667. The molecular weight excluding hydrogens is 238 g/mol. The van der Waals surface area contributed by atoms with Gasteiger partial charge < -0.3 is 9.64 Å². The maximum absolute atomic E-state index is 6.04. The summed E-state index contributed by atoms with van der Waals surface area (Å²) in [5.41, 5.74) is 0. The van der Waals surface area contributed by atoms with E-state index in [0.29, 0.717) is 5.15 Å². The van der Waals surface area contributed by atoms with Gasteiger partial charge in [-0.3, -0.25) is 0 Å². The number of ether oxygens (including phenoxy) is 1. The molecule has 0 N–H and O–H groups in total. The largest absolute Gasteiger partial charge is 0.385 e. The lowest BCUT2D eigenvalue weighted by molar-refractivity contribution is 0.170. The lowest BCUT2D eigenvalue weighted by atomic mass is 9.94. The van der Waals surface area contributed by atoms with Crippen molar-refractivity contribution in [1.82, 2.24) is 9.97 Å². The van der Waals surface area contributed by atoms with Gasteiger partial charge in [-0.05, 0) is 25.2 Å². The second-order valence-corrected chi connectivity index (χ2v) is 4.74. The highest BCUT2D eigenvalue weighted by Gasteiger charge is 2.21. The number of halogens is 1. The lowest BCUT2D eigenvalue weighted by Crippen LogP contribution is -2.34. The second-order valence-electron chi connectivity index (χ2n) is 4.38. The molecule has 1 aliphatic heterocycles. The summed E-state index contributed by atoms with van der Waals surface area (Å²) in [7, 11) is 1.76. The molecule has 0 amide bonds. The molecule has 0 spiro atoms. The second kappa shape index (κ2) is 6.17. The first-order valence-corrected chi connectivity index (χ1v) is 6.39. The summed E-state index contributed by atoms with van der Waals surface area (Å²) in [6.45, 7) is 2.87. The molecular formula is C12H18ClN3O. The Labute approximate surface area is 107 Å². The Balaban J connectivity index is 1.89. The van der Waals surface area contributed by atoms with Crippen LogP contribution >= 0.6 is 11.6 Å². The summed E-state index contributed by atoms with van der Waals surface area (Å²) in [5, 5.41) is 0.503. The summed E-state index contributed by atoms with van der Waals surface area (Å²) in [4.78, 5) is 10.6. The molecule has 0 aliphatic carbocycles. The predicted molar refractivity (Wildman–Crippen MR) is 68.5 cm³/mol. The molecule has 0 radical (unpaired) electrons. The van der Waals surface area contributed by atoms with Gasteiger partial charge in [0.25, 0.3) is 0 Å². The van der Waals surface area contributed by atoms with E-state index in [4.69, 9.17) is 16.3 Å². The number of nitrogens with zero attached hydrogens (tertiary/aromatic N) is 3. The van der Waals surface area contributed by atoms with Crippen LogP contribution in [0.5, 0.6) is 0 Å². The number of methoxy groups -OCH3 is 1. The van der Waals surface area contributed by atoms with Crippen LogP contribution in [-0.4, -0.2) is 36.8 Å². The fourth-order valence-corrected chi connectivity index (χ4v) is 2.47. The Hall–Kier alpha value is -0.870. The van der Waals surface area contributed by atoms with Crippen LogP contribution in [0.3, 0.4) is 0 Å². The van der Waals surface area contributed by atoms with Crippen molar-refractivity contribution in [1.29, 1.82) is 0 Å². The van der Waals surface area contributed by atoms with Crippen molar-refractivity contribution >= 4 is 17.4 Å². The Morgan fingerprint density at radius 3 is 2.71 bits per heavy atom. The number of aromatic nitrogens is 2. The maximum Gasteiger partial charge on any atom is 0.171 e. The number of anilines is 1. The standard InChI is InChI=1S/C12H18ClN3O/c1-17-9-4-10-2-7-16(8-3-10)12-11(13)14-5-6-15-12/h5-6,10H,2-4,7-9H2,1H3. The van der Waals surface area contributed by atoms with Gasteiger partial charge in [-0.15, -0.1) is 0 Å². The van der Waals surface area contributed by atoms with Gasteiger partial charge in [0.1, 0.15) is 0 Å². The molecule has 1 saturated heterocycles. The molecule has 4 nitrogen and oxygen atoms in total. The van der Waals surface area contributed by atoms with Gasteiger partial charge in [0.2, 0.25) is 0 Å². The van der Waals surface area contributed by atoms with Crippen LogP contribution < -0.4 is 4.90 Å². The normalized spacial score (nSPS) is 17.4. The molecule has 0 atom stereocenters. The van der Waals surface area contributed by atoms with Crippen molar-refractivity contribution in [2.24, 2.45) is 5.92 Å². The lowest BCUT2D eigenvalue weighted by Gasteiger charge is -2.32. The highest BCUT2D eigenvalue weighted by atomic mass is 35.5. The van der Waals surface area contributed by atoms with E-state index in [1.165, 1.54) is 12.8 Å². The van der Waals surface area contributed by atoms with E-state index < -0.39 is 0 Å². The molecule has 2 heterocycles. The van der Waals surface area contributed by atoms with Crippen molar-refractivity contribution in [3.8, 4) is 0 Å². The summed E-state index contributed by atoms with van der Waals surface area (Å²) in [6.07, 6.45) is 6.82. The molecule has 0 aromatic carbocycles. The number of rotatable bonds is 4. The third-order valence-electron chi connectivity index (χ3n) is 3.28. The highest BCUT2D eigenvalue weighted by molar-refractivity contribution is 6.31. The van der Waals surface area contributed by atoms with Crippen molar-refractivity contribution in [2.45, 2.75) is 19.3 Å². The molecule has 1 aromatic rings. The molecule has 0 unspecified atom stereocenters. The molecule has 2 rings (SSSR count). The van der Waals surface area contributed by atoms with Crippen LogP contribution in [0.25, 0.3) is 0 Å². The van der Waals surface area contributed by atoms with Crippen LogP contribution in [0.1, 0.15) is 19.3 Å². The minimum absolute atomic E-state index is 0.503. The van der Waals surface area contributed by atoms with Crippen molar-refractivity contribution < 1.29 is 4.74 Å². The quantitative estimate of drug-likeness (QED) is 0.828. The first-order chi connectivity index (χ1) is 8.31. The molecule has 1 fully saturated rings. The average Bonchev–Trinajstić information content (AvgIpc) is 2.38. The van der Waals surface area contributed by atoms with E-state index in [2.05, 4.69) is 14.9 Å². The zero-order chi connectivity index (χ0) is 12.1. The van der Waals surface area contributed by atoms with Gasteiger partial charge in [0.15, 0.2) is 11.0 Å². The van der Waals surface area contributed by atoms with E-state index in [-0.39, 0.29) is 0 Å². The Morgan fingerprint density at radius 2 is 2.06 bits per heavy atom. The molecule has 5 heteroatoms. The molecule has 0 saturated carbocycles. The van der Waals surface area contributed by atoms with E-state index in [9.17, 15) is 0 Å². The van der Waals surface area contributed by atoms with Gasteiger partial charge >= 0.3 is 0 Å². The Bertz CT molecular complexity index is 353.